The lowest BCUT2D eigenvalue weighted by atomic mass is 10.1. The maximum Gasteiger partial charge on any atom is 0.264 e. The number of hydrogen-bond acceptors (Lipinski definition) is 1. The Morgan fingerprint density at radius 3 is 2.40 bits per heavy atom. The molecule has 0 N–H and O–H groups in total. The zero-order valence-corrected chi connectivity index (χ0v) is 12.4. The van der Waals surface area contributed by atoms with Crippen LogP contribution < -0.4 is 5.56 Å². The molecule has 20 heavy (non-hydrogen) atoms. The zero-order chi connectivity index (χ0) is 14.3. The average molecular weight is 325 g/mol. The zero-order valence-electron chi connectivity index (χ0n) is 10.1. The molecule has 0 saturated heterocycles. The number of halogens is 3. The van der Waals surface area contributed by atoms with Crippen LogP contribution in [0.3, 0.4) is 0 Å². The summed E-state index contributed by atoms with van der Waals surface area (Å²) in [6.07, 6.45) is 0. The molecule has 0 fully saturated rings. The number of fused-ring (bicyclic) bond motifs is 1. The van der Waals surface area contributed by atoms with Crippen LogP contribution in [0.2, 0.25) is 15.2 Å². The van der Waals surface area contributed by atoms with Gasteiger partial charge >= 0.3 is 0 Å². The Morgan fingerprint density at radius 2 is 1.65 bits per heavy atom. The van der Waals surface area contributed by atoms with Crippen LogP contribution in [0.4, 0.5) is 0 Å². The summed E-state index contributed by atoms with van der Waals surface area (Å²) in [5, 5.41) is 2.56. The first kappa shape index (κ1) is 13.5. The van der Waals surface area contributed by atoms with Crippen molar-refractivity contribution in [2.75, 3.05) is 0 Å². The first-order valence-electron chi connectivity index (χ1n) is 5.83. The molecule has 0 aliphatic rings. The fourth-order valence-electron chi connectivity index (χ4n) is 2.12. The third kappa shape index (κ3) is 2.20. The standard InChI is InChI=1S/C15H8Cl3NO/c16-10-5-6-13(12(17)8-10)19-14(18)7-9-3-1-2-4-11(9)15(19)20/h1-8H. The summed E-state index contributed by atoms with van der Waals surface area (Å²) in [7, 11) is 0. The Hall–Kier alpha value is -1.48. The van der Waals surface area contributed by atoms with Gasteiger partial charge in [-0.05, 0) is 35.7 Å². The molecule has 0 saturated carbocycles. The Balaban J connectivity index is 2.39. The van der Waals surface area contributed by atoms with Crippen LogP contribution in [-0.2, 0) is 0 Å². The lowest BCUT2D eigenvalue weighted by Crippen LogP contribution is -2.19. The minimum Gasteiger partial charge on any atom is -0.268 e. The van der Waals surface area contributed by atoms with E-state index in [-0.39, 0.29) is 5.56 Å². The largest absolute Gasteiger partial charge is 0.268 e. The molecule has 2 aromatic carbocycles. The van der Waals surface area contributed by atoms with Gasteiger partial charge in [-0.1, -0.05) is 53.0 Å². The average Bonchev–Trinajstić information content (AvgIpc) is 2.41. The van der Waals surface area contributed by atoms with E-state index < -0.39 is 0 Å². The van der Waals surface area contributed by atoms with Crippen molar-refractivity contribution >= 4 is 45.6 Å². The van der Waals surface area contributed by atoms with Gasteiger partial charge in [-0.3, -0.25) is 9.36 Å². The lowest BCUT2D eigenvalue weighted by molar-refractivity contribution is 1.01. The number of benzene rings is 2. The van der Waals surface area contributed by atoms with E-state index in [1.165, 1.54) is 4.57 Å². The van der Waals surface area contributed by atoms with E-state index in [2.05, 4.69) is 0 Å². The van der Waals surface area contributed by atoms with Crippen molar-refractivity contribution in [2.45, 2.75) is 0 Å². The van der Waals surface area contributed by atoms with E-state index in [4.69, 9.17) is 34.8 Å². The highest BCUT2D eigenvalue weighted by Crippen LogP contribution is 2.27. The molecule has 0 atom stereocenters. The summed E-state index contributed by atoms with van der Waals surface area (Å²) in [6.45, 7) is 0. The van der Waals surface area contributed by atoms with Crippen LogP contribution in [0.15, 0.2) is 53.3 Å². The van der Waals surface area contributed by atoms with Crippen LogP contribution in [0.25, 0.3) is 16.5 Å². The van der Waals surface area contributed by atoms with Crippen molar-refractivity contribution in [3.8, 4) is 5.69 Å². The van der Waals surface area contributed by atoms with Crippen molar-refractivity contribution in [1.82, 2.24) is 4.57 Å². The topological polar surface area (TPSA) is 22.0 Å². The van der Waals surface area contributed by atoms with E-state index >= 15 is 0 Å². The van der Waals surface area contributed by atoms with Crippen LogP contribution in [0.5, 0.6) is 0 Å². The summed E-state index contributed by atoms with van der Waals surface area (Å²) < 4.78 is 1.38. The highest BCUT2D eigenvalue weighted by molar-refractivity contribution is 6.36. The second-order valence-corrected chi connectivity index (χ2v) is 5.52. The van der Waals surface area contributed by atoms with E-state index in [9.17, 15) is 4.79 Å². The number of nitrogens with zero attached hydrogens (tertiary/aromatic N) is 1. The van der Waals surface area contributed by atoms with Gasteiger partial charge in [-0.2, -0.15) is 0 Å². The minimum absolute atomic E-state index is 0.211. The smallest absolute Gasteiger partial charge is 0.264 e. The summed E-state index contributed by atoms with van der Waals surface area (Å²) in [5.41, 5.74) is 0.300. The number of rotatable bonds is 1. The van der Waals surface area contributed by atoms with Gasteiger partial charge in [0.25, 0.3) is 5.56 Å². The summed E-state index contributed by atoms with van der Waals surface area (Å²) in [6, 6.07) is 13.9. The van der Waals surface area contributed by atoms with Crippen LogP contribution in [-0.4, -0.2) is 4.57 Å². The second kappa shape index (κ2) is 5.13. The number of aromatic nitrogens is 1. The number of hydrogen-bond donors (Lipinski definition) is 0. The van der Waals surface area contributed by atoms with Crippen LogP contribution in [0, 0.1) is 0 Å². The Bertz CT molecular complexity index is 871. The number of pyridine rings is 1. The van der Waals surface area contributed by atoms with Gasteiger partial charge in [-0.15, -0.1) is 0 Å². The first-order valence-corrected chi connectivity index (χ1v) is 6.97. The Morgan fingerprint density at radius 1 is 0.900 bits per heavy atom. The highest BCUT2D eigenvalue weighted by Gasteiger charge is 2.12. The van der Waals surface area contributed by atoms with Gasteiger partial charge in [0.15, 0.2) is 0 Å². The van der Waals surface area contributed by atoms with Crippen LogP contribution in [0.1, 0.15) is 0 Å². The molecule has 0 aliphatic carbocycles. The molecule has 0 radical (unpaired) electrons. The molecule has 0 spiro atoms. The van der Waals surface area contributed by atoms with Crippen molar-refractivity contribution in [3.63, 3.8) is 0 Å². The third-order valence-corrected chi connectivity index (χ3v) is 3.85. The Labute approximate surface area is 130 Å². The monoisotopic (exact) mass is 323 g/mol. The van der Waals surface area contributed by atoms with Gasteiger partial charge in [0, 0.05) is 10.4 Å². The maximum absolute atomic E-state index is 12.6. The molecular formula is C15H8Cl3NO. The molecule has 0 aliphatic heterocycles. The van der Waals surface area contributed by atoms with E-state index in [1.807, 2.05) is 18.2 Å². The Kier molecular flexibility index (Phi) is 3.47. The molecule has 5 heteroatoms. The molecule has 3 aromatic rings. The molecule has 0 unspecified atom stereocenters. The predicted molar refractivity (Wildman–Crippen MR) is 84.6 cm³/mol. The van der Waals surface area contributed by atoms with Crippen molar-refractivity contribution in [2.24, 2.45) is 0 Å². The van der Waals surface area contributed by atoms with Gasteiger partial charge in [0.2, 0.25) is 0 Å². The maximum atomic E-state index is 12.6. The van der Waals surface area contributed by atoms with Gasteiger partial charge in [0.1, 0.15) is 5.15 Å². The van der Waals surface area contributed by atoms with Gasteiger partial charge in [-0.25, -0.2) is 0 Å². The highest BCUT2D eigenvalue weighted by atomic mass is 35.5. The summed E-state index contributed by atoms with van der Waals surface area (Å²) in [4.78, 5) is 12.6. The molecular weight excluding hydrogens is 317 g/mol. The van der Waals surface area contributed by atoms with Gasteiger partial charge < -0.3 is 0 Å². The fraction of sp³-hybridized carbons (Fsp3) is 0. The molecule has 1 aromatic heterocycles. The van der Waals surface area contributed by atoms with Crippen molar-refractivity contribution in [1.29, 1.82) is 0 Å². The molecule has 3 rings (SSSR count). The molecule has 2 nitrogen and oxygen atoms in total. The lowest BCUT2D eigenvalue weighted by Gasteiger charge is -2.12. The first-order chi connectivity index (χ1) is 9.58. The summed E-state index contributed by atoms with van der Waals surface area (Å²) in [5.74, 6) is 0. The molecule has 1 heterocycles. The quantitative estimate of drug-likeness (QED) is 0.580. The molecule has 0 bridgehead atoms. The minimum atomic E-state index is -0.211. The SMILES string of the molecule is O=c1c2ccccc2cc(Cl)n1-c1ccc(Cl)cc1Cl. The predicted octanol–water partition coefficient (Wildman–Crippen LogP) is 4.95. The van der Waals surface area contributed by atoms with Crippen molar-refractivity contribution in [3.05, 3.63) is 74.1 Å². The van der Waals surface area contributed by atoms with E-state index in [0.29, 0.717) is 26.3 Å². The molecule has 0 amide bonds. The third-order valence-electron chi connectivity index (χ3n) is 3.03. The summed E-state index contributed by atoms with van der Waals surface area (Å²) >= 11 is 18.3. The van der Waals surface area contributed by atoms with Crippen molar-refractivity contribution < 1.29 is 0 Å². The van der Waals surface area contributed by atoms with Gasteiger partial charge in [0.05, 0.1) is 10.7 Å². The fourth-order valence-corrected chi connectivity index (χ4v) is 2.89. The second-order valence-electron chi connectivity index (χ2n) is 4.29. The normalized spacial score (nSPS) is 10.9. The van der Waals surface area contributed by atoms with E-state index in [0.717, 1.165) is 5.39 Å². The van der Waals surface area contributed by atoms with Crippen LogP contribution >= 0.6 is 34.8 Å². The molecule has 100 valence electrons. The van der Waals surface area contributed by atoms with E-state index in [1.54, 1.807) is 30.3 Å².